The van der Waals surface area contributed by atoms with E-state index < -0.39 is 0 Å². The predicted molar refractivity (Wildman–Crippen MR) is 61.3 cm³/mol. The number of carbonyl (C=O) groups is 1. The fourth-order valence-corrected chi connectivity index (χ4v) is 2.52. The largest absolute Gasteiger partial charge is 0.341 e. The van der Waals surface area contributed by atoms with E-state index in [1.807, 2.05) is 11.8 Å². The Hall–Kier alpha value is -0.220. The quantitative estimate of drug-likeness (QED) is 0.765. The topological polar surface area (TPSA) is 32.3 Å². The number of nitrogens with one attached hydrogen (secondary N) is 1. The molecule has 0 bridgehead atoms. The molecule has 0 radical (unpaired) electrons. The molecule has 14 heavy (non-hydrogen) atoms. The molecule has 3 nitrogen and oxygen atoms in total. The summed E-state index contributed by atoms with van der Waals surface area (Å²) >= 11 is 1.80. The Morgan fingerprint density at radius 3 is 2.79 bits per heavy atom. The molecule has 82 valence electrons. The highest BCUT2D eigenvalue weighted by molar-refractivity contribution is 7.99. The normalized spacial score (nSPS) is 21.6. The van der Waals surface area contributed by atoms with Gasteiger partial charge in [0.05, 0.1) is 6.04 Å². The lowest BCUT2D eigenvalue weighted by molar-refractivity contribution is -0.133. The van der Waals surface area contributed by atoms with Crippen molar-refractivity contribution in [2.75, 3.05) is 24.7 Å². The standard InChI is InChI=1S/C10H20N2OS/c1-4-12(5-8(2)3)10(13)9-6-14-7-11-9/h8-9,11H,4-7H2,1-3H3. The van der Waals surface area contributed by atoms with Crippen LogP contribution in [0.5, 0.6) is 0 Å². The van der Waals surface area contributed by atoms with Crippen LogP contribution in [0.2, 0.25) is 0 Å². The molecule has 4 heteroatoms. The van der Waals surface area contributed by atoms with E-state index in [-0.39, 0.29) is 11.9 Å². The summed E-state index contributed by atoms with van der Waals surface area (Å²) in [5.41, 5.74) is 0. The first-order chi connectivity index (χ1) is 6.65. The average molecular weight is 216 g/mol. The van der Waals surface area contributed by atoms with Crippen LogP contribution in [0.1, 0.15) is 20.8 Å². The van der Waals surface area contributed by atoms with Crippen LogP contribution < -0.4 is 5.32 Å². The molecule has 1 amide bonds. The minimum Gasteiger partial charge on any atom is -0.341 e. The Kier molecular flexibility index (Phi) is 4.75. The first kappa shape index (κ1) is 11.9. The molecule has 0 aromatic heterocycles. The van der Waals surface area contributed by atoms with Gasteiger partial charge in [-0.05, 0) is 12.8 Å². The van der Waals surface area contributed by atoms with Crippen molar-refractivity contribution in [2.45, 2.75) is 26.8 Å². The van der Waals surface area contributed by atoms with Gasteiger partial charge in [-0.2, -0.15) is 0 Å². The number of thioether (sulfide) groups is 1. The van der Waals surface area contributed by atoms with E-state index in [0.717, 1.165) is 24.7 Å². The summed E-state index contributed by atoms with van der Waals surface area (Å²) < 4.78 is 0. The number of nitrogens with zero attached hydrogens (tertiary/aromatic N) is 1. The third-order valence-electron chi connectivity index (χ3n) is 2.29. The monoisotopic (exact) mass is 216 g/mol. The molecular weight excluding hydrogens is 196 g/mol. The van der Waals surface area contributed by atoms with Crippen LogP contribution in [0.25, 0.3) is 0 Å². The molecule has 0 aromatic carbocycles. The number of carbonyl (C=O) groups excluding carboxylic acids is 1. The Morgan fingerprint density at radius 2 is 2.36 bits per heavy atom. The van der Waals surface area contributed by atoms with Gasteiger partial charge in [0, 0.05) is 24.7 Å². The maximum atomic E-state index is 12.0. The second-order valence-corrected chi connectivity index (χ2v) is 5.07. The van der Waals surface area contributed by atoms with E-state index in [4.69, 9.17) is 0 Å². The Bertz CT molecular complexity index is 191. The van der Waals surface area contributed by atoms with Crippen molar-refractivity contribution in [3.8, 4) is 0 Å². The van der Waals surface area contributed by atoms with Crippen LogP contribution in [-0.2, 0) is 4.79 Å². The zero-order valence-corrected chi connectivity index (χ0v) is 10.1. The highest BCUT2D eigenvalue weighted by Gasteiger charge is 2.26. The van der Waals surface area contributed by atoms with Crippen LogP contribution in [0.4, 0.5) is 0 Å². The lowest BCUT2D eigenvalue weighted by atomic mass is 10.2. The molecule has 0 spiro atoms. The van der Waals surface area contributed by atoms with Gasteiger partial charge in [0.2, 0.25) is 5.91 Å². The molecule has 0 aromatic rings. The zero-order valence-electron chi connectivity index (χ0n) is 9.25. The maximum absolute atomic E-state index is 12.0. The second kappa shape index (κ2) is 5.61. The lowest BCUT2D eigenvalue weighted by Crippen LogP contribution is -2.46. The highest BCUT2D eigenvalue weighted by atomic mass is 32.2. The van der Waals surface area contributed by atoms with Crippen molar-refractivity contribution in [3.63, 3.8) is 0 Å². The minimum absolute atomic E-state index is 0.0544. The van der Waals surface area contributed by atoms with E-state index >= 15 is 0 Å². The molecule has 1 aliphatic heterocycles. The molecule has 1 atom stereocenters. The molecule has 1 N–H and O–H groups in total. The summed E-state index contributed by atoms with van der Waals surface area (Å²) in [6.07, 6.45) is 0. The fraction of sp³-hybridized carbons (Fsp3) is 0.900. The van der Waals surface area contributed by atoms with E-state index in [1.54, 1.807) is 11.8 Å². The number of hydrogen-bond donors (Lipinski definition) is 1. The third kappa shape index (κ3) is 3.17. The molecular formula is C10H20N2OS. The Morgan fingerprint density at radius 1 is 1.64 bits per heavy atom. The van der Waals surface area contributed by atoms with Gasteiger partial charge in [-0.25, -0.2) is 0 Å². The second-order valence-electron chi connectivity index (χ2n) is 4.04. The average Bonchev–Trinajstić information content (AvgIpc) is 2.65. The summed E-state index contributed by atoms with van der Waals surface area (Å²) in [4.78, 5) is 13.9. The summed E-state index contributed by atoms with van der Waals surface area (Å²) in [5.74, 6) is 2.66. The van der Waals surface area contributed by atoms with Crippen molar-refractivity contribution >= 4 is 17.7 Å². The van der Waals surface area contributed by atoms with Crippen molar-refractivity contribution in [1.82, 2.24) is 10.2 Å². The van der Waals surface area contributed by atoms with Crippen molar-refractivity contribution < 1.29 is 4.79 Å². The van der Waals surface area contributed by atoms with Crippen molar-refractivity contribution in [3.05, 3.63) is 0 Å². The first-order valence-electron chi connectivity index (χ1n) is 5.25. The summed E-state index contributed by atoms with van der Waals surface area (Å²) in [7, 11) is 0. The molecule has 1 rings (SSSR count). The van der Waals surface area contributed by atoms with Crippen molar-refractivity contribution in [2.24, 2.45) is 5.92 Å². The van der Waals surface area contributed by atoms with Crippen LogP contribution in [-0.4, -0.2) is 41.6 Å². The van der Waals surface area contributed by atoms with Gasteiger partial charge in [-0.15, -0.1) is 11.8 Å². The van der Waals surface area contributed by atoms with E-state index in [9.17, 15) is 4.79 Å². The number of amides is 1. The number of hydrogen-bond acceptors (Lipinski definition) is 3. The molecule has 1 heterocycles. The first-order valence-corrected chi connectivity index (χ1v) is 6.40. The highest BCUT2D eigenvalue weighted by Crippen LogP contribution is 2.12. The predicted octanol–water partition coefficient (Wildman–Crippen LogP) is 1.15. The van der Waals surface area contributed by atoms with Crippen LogP contribution >= 0.6 is 11.8 Å². The summed E-state index contributed by atoms with van der Waals surface area (Å²) in [6, 6.07) is 0.0544. The molecule has 0 saturated carbocycles. The molecule has 1 saturated heterocycles. The Balaban J connectivity index is 2.46. The molecule has 1 unspecified atom stereocenters. The van der Waals surface area contributed by atoms with E-state index in [0.29, 0.717) is 5.92 Å². The zero-order chi connectivity index (χ0) is 10.6. The Labute approximate surface area is 90.6 Å². The van der Waals surface area contributed by atoms with Gasteiger partial charge in [0.25, 0.3) is 0 Å². The number of likely N-dealkylation sites (N-methyl/N-ethyl adjacent to an activating group) is 1. The molecule has 1 fully saturated rings. The smallest absolute Gasteiger partial charge is 0.240 e. The van der Waals surface area contributed by atoms with Gasteiger partial charge < -0.3 is 4.90 Å². The van der Waals surface area contributed by atoms with Crippen LogP contribution in [0, 0.1) is 5.92 Å². The van der Waals surface area contributed by atoms with Gasteiger partial charge >= 0.3 is 0 Å². The van der Waals surface area contributed by atoms with Crippen molar-refractivity contribution in [1.29, 1.82) is 0 Å². The van der Waals surface area contributed by atoms with Gasteiger partial charge in [0.1, 0.15) is 0 Å². The summed E-state index contributed by atoms with van der Waals surface area (Å²) in [5, 5.41) is 3.22. The SMILES string of the molecule is CCN(CC(C)C)C(=O)C1CSCN1. The van der Waals surface area contributed by atoms with Crippen LogP contribution in [0.3, 0.4) is 0 Å². The third-order valence-corrected chi connectivity index (χ3v) is 3.23. The molecule has 1 aliphatic rings. The fourth-order valence-electron chi connectivity index (χ4n) is 1.59. The van der Waals surface area contributed by atoms with Crippen LogP contribution in [0.15, 0.2) is 0 Å². The van der Waals surface area contributed by atoms with E-state index in [1.165, 1.54) is 0 Å². The lowest BCUT2D eigenvalue weighted by Gasteiger charge is -2.25. The minimum atomic E-state index is 0.0544. The van der Waals surface area contributed by atoms with Gasteiger partial charge in [-0.3, -0.25) is 10.1 Å². The molecule has 0 aliphatic carbocycles. The summed E-state index contributed by atoms with van der Waals surface area (Å²) in [6.45, 7) is 8.03. The van der Waals surface area contributed by atoms with Gasteiger partial charge in [0.15, 0.2) is 0 Å². The maximum Gasteiger partial charge on any atom is 0.240 e. The number of rotatable bonds is 4. The van der Waals surface area contributed by atoms with E-state index in [2.05, 4.69) is 19.2 Å². The van der Waals surface area contributed by atoms with Gasteiger partial charge in [-0.1, -0.05) is 13.8 Å².